The summed E-state index contributed by atoms with van der Waals surface area (Å²) >= 11 is 0. The number of para-hydroxylation sites is 1. The van der Waals surface area contributed by atoms with Crippen molar-refractivity contribution in [2.45, 2.75) is 19.9 Å². The molecule has 1 atom stereocenters. The molecule has 0 aliphatic rings. The highest BCUT2D eigenvalue weighted by Gasteiger charge is 2.16. The molecule has 0 aliphatic carbocycles. The number of fused-ring (bicyclic) bond motifs is 1. The second-order valence-electron chi connectivity index (χ2n) is 5.35. The van der Waals surface area contributed by atoms with Crippen molar-refractivity contribution in [3.63, 3.8) is 0 Å². The lowest BCUT2D eigenvalue weighted by Gasteiger charge is -2.13. The number of benzene rings is 2. The molecule has 112 valence electrons. The SMILES string of the molecule is Cc1cccc2cc(C(=O)N[C@H](C)c3ccc(F)cc3)oc12. The summed E-state index contributed by atoms with van der Waals surface area (Å²) in [6, 6.07) is 13.3. The molecule has 4 heteroatoms. The molecule has 2 aromatic carbocycles. The molecule has 0 unspecified atom stereocenters. The number of carbonyl (C=O) groups excluding carboxylic acids is 1. The van der Waals surface area contributed by atoms with Crippen molar-refractivity contribution in [1.29, 1.82) is 0 Å². The first-order chi connectivity index (χ1) is 10.5. The van der Waals surface area contributed by atoms with E-state index in [2.05, 4.69) is 5.32 Å². The Hall–Kier alpha value is -2.62. The summed E-state index contributed by atoms with van der Waals surface area (Å²) < 4.78 is 18.6. The standard InChI is InChI=1S/C18H16FNO2/c1-11-4-3-5-14-10-16(22-17(11)14)18(21)20-12(2)13-6-8-15(19)9-7-13/h3-10,12H,1-2H3,(H,20,21)/t12-/m1/s1. The molecule has 3 nitrogen and oxygen atoms in total. The van der Waals surface area contributed by atoms with Crippen molar-refractivity contribution in [1.82, 2.24) is 5.32 Å². The maximum atomic E-state index is 12.9. The van der Waals surface area contributed by atoms with Gasteiger partial charge in [-0.05, 0) is 43.2 Å². The molecule has 0 bridgehead atoms. The number of halogens is 1. The molecule has 0 saturated carbocycles. The number of rotatable bonds is 3. The average molecular weight is 297 g/mol. The number of aryl methyl sites for hydroxylation is 1. The Kier molecular flexibility index (Phi) is 3.67. The van der Waals surface area contributed by atoms with E-state index in [4.69, 9.17) is 4.42 Å². The maximum Gasteiger partial charge on any atom is 0.287 e. The first kappa shape index (κ1) is 14.3. The minimum absolute atomic E-state index is 0.234. The quantitative estimate of drug-likeness (QED) is 0.780. The summed E-state index contributed by atoms with van der Waals surface area (Å²) in [6.07, 6.45) is 0. The molecule has 1 amide bonds. The summed E-state index contributed by atoms with van der Waals surface area (Å²) in [5.74, 6) is -0.305. The normalized spacial score (nSPS) is 12.3. The second-order valence-corrected chi connectivity index (χ2v) is 5.35. The van der Waals surface area contributed by atoms with Crippen LogP contribution in [0.25, 0.3) is 11.0 Å². The van der Waals surface area contributed by atoms with Crippen LogP contribution < -0.4 is 5.32 Å². The largest absolute Gasteiger partial charge is 0.451 e. The Morgan fingerprint density at radius 3 is 2.59 bits per heavy atom. The lowest BCUT2D eigenvalue weighted by atomic mass is 10.1. The first-order valence-corrected chi connectivity index (χ1v) is 7.10. The van der Waals surface area contributed by atoms with Crippen LogP contribution in [0.5, 0.6) is 0 Å². The van der Waals surface area contributed by atoms with E-state index in [-0.39, 0.29) is 23.5 Å². The molecule has 0 radical (unpaired) electrons. The molecule has 3 rings (SSSR count). The van der Waals surface area contributed by atoms with Crippen LogP contribution >= 0.6 is 0 Å². The van der Waals surface area contributed by atoms with E-state index in [9.17, 15) is 9.18 Å². The van der Waals surface area contributed by atoms with Crippen LogP contribution in [-0.4, -0.2) is 5.91 Å². The van der Waals surface area contributed by atoms with Crippen molar-refractivity contribution < 1.29 is 13.6 Å². The van der Waals surface area contributed by atoms with Gasteiger partial charge in [0.05, 0.1) is 6.04 Å². The number of furan rings is 1. The topological polar surface area (TPSA) is 42.2 Å². The average Bonchev–Trinajstić information content (AvgIpc) is 2.93. The monoisotopic (exact) mass is 297 g/mol. The predicted molar refractivity (Wildman–Crippen MR) is 83.2 cm³/mol. The minimum Gasteiger partial charge on any atom is -0.451 e. The van der Waals surface area contributed by atoms with Gasteiger partial charge in [0.15, 0.2) is 5.76 Å². The Bertz CT molecular complexity index is 821. The Labute approximate surface area is 127 Å². The Morgan fingerprint density at radius 2 is 1.91 bits per heavy atom. The van der Waals surface area contributed by atoms with Gasteiger partial charge in [0.1, 0.15) is 11.4 Å². The van der Waals surface area contributed by atoms with E-state index < -0.39 is 0 Å². The van der Waals surface area contributed by atoms with Crippen LogP contribution in [0, 0.1) is 12.7 Å². The Balaban J connectivity index is 1.80. The maximum absolute atomic E-state index is 12.9. The minimum atomic E-state index is -0.296. The van der Waals surface area contributed by atoms with E-state index in [1.54, 1.807) is 18.2 Å². The van der Waals surface area contributed by atoms with Gasteiger partial charge in [-0.25, -0.2) is 4.39 Å². The number of hydrogen-bond acceptors (Lipinski definition) is 2. The number of amides is 1. The number of nitrogens with one attached hydrogen (secondary N) is 1. The first-order valence-electron chi connectivity index (χ1n) is 7.10. The third kappa shape index (κ3) is 2.72. The van der Waals surface area contributed by atoms with Gasteiger partial charge in [-0.15, -0.1) is 0 Å². The van der Waals surface area contributed by atoms with Crippen LogP contribution in [-0.2, 0) is 0 Å². The highest BCUT2D eigenvalue weighted by Crippen LogP contribution is 2.23. The van der Waals surface area contributed by atoms with Crippen molar-refractivity contribution in [3.8, 4) is 0 Å². The molecule has 0 spiro atoms. The van der Waals surface area contributed by atoms with Crippen LogP contribution in [0.2, 0.25) is 0 Å². The summed E-state index contributed by atoms with van der Waals surface area (Å²) in [6.45, 7) is 3.79. The van der Waals surface area contributed by atoms with Crippen molar-refractivity contribution in [3.05, 3.63) is 71.2 Å². The molecule has 0 fully saturated rings. The third-order valence-electron chi connectivity index (χ3n) is 3.68. The van der Waals surface area contributed by atoms with Crippen molar-refractivity contribution in [2.24, 2.45) is 0 Å². The predicted octanol–water partition coefficient (Wildman–Crippen LogP) is 4.37. The lowest BCUT2D eigenvalue weighted by molar-refractivity contribution is 0.0914. The zero-order valence-corrected chi connectivity index (χ0v) is 12.4. The molecule has 1 aromatic heterocycles. The number of hydrogen-bond donors (Lipinski definition) is 1. The fourth-order valence-electron chi connectivity index (χ4n) is 2.42. The van der Waals surface area contributed by atoms with Crippen molar-refractivity contribution in [2.75, 3.05) is 0 Å². The molecule has 0 aliphatic heterocycles. The fraction of sp³-hybridized carbons (Fsp3) is 0.167. The van der Waals surface area contributed by atoms with E-state index in [0.29, 0.717) is 0 Å². The summed E-state index contributed by atoms with van der Waals surface area (Å²) in [7, 11) is 0. The van der Waals surface area contributed by atoms with Crippen LogP contribution in [0.15, 0.2) is 52.9 Å². The van der Waals surface area contributed by atoms with Gasteiger partial charge in [0.25, 0.3) is 5.91 Å². The summed E-state index contributed by atoms with van der Waals surface area (Å²) in [5, 5.41) is 3.76. The fourth-order valence-corrected chi connectivity index (χ4v) is 2.42. The second kappa shape index (κ2) is 5.64. The van der Waals surface area contributed by atoms with Gasteiger partial charge in [0, 0.05) is 5.39 Å². The molecule has 1 N–H and O–H groups in total. The van der Waals surface area contributed by atoms with Gasteiger partial charge in [0.2, 0.25) is 0 Å². The van der Waals surface area contributed by atoms with Gasteiger partial charge in [-0.2, -0.15) is 0 Å². The van der Waals surface area contributed by atoms with Crippen LogP contribution in [0.4, 0.5) is 4.39 Å². The smallest absolute Gasteiger partial charge is 0.287 e. The third-order valence-corrected chi connectivity index (χ3v) is 3.68. The highest BCUT2D eigenvalue weighted by molar-refractivity contribution is 5.96. The van der Waals surface area contributed by atoms with Crippen LogP contribution in [0.3, 0.4) is 0 Å². The highest BCUT2D eigenvalue weighted by atomic mass is 19.1. The molecular formula is C18H16FNO2. The van der Waals surface area contributed by atoms with E-state index in [0.717, 1.165) is 22.1 Å². The molecule has 3 aromatic rings. The zero-order chi connectivity index (χ0) is 15.7. The molecule has 22 heavy (non-hydrogen) atoms. The summed E-state index contributed by atoms with van der Waals surface area (Å²) in [5.41, 5.74) is 2.55. The lowest BCUT2D eigenvalue weighted by Crippen LogP contribution is -2.26. The van der Waals surface area contributed by atoms with Gasteiger partial charge in [-0.3, -0.25) is 4.79 Å². The van der Waals surface area contributed by atoms with E-state index in [1.165, 1.54) is 12.1 Å². The van der Waals surface area contributed by atoms with Crippen LogP contribution in [0.1, 0.15) is 34.6 Å². The van der Waals surface area contributed by atoms with Gasteiger partial charge >= 0.3 is 0 Å². The molecule has 1 heterocycles. The molecule has 0 saturated heterocycles. The van der Waals surface area contributed by atoms with E-state index >= 15 is 0 Å². The van der Waals surface area contributed by atoms with Gasteiger partial charge < -0.3 is 9.73 Å². The molecular weight excluding hydrogens is 281 g/mol. The number of carbonyl (C=O) groups is 1. The zero-order valence-electron chi connectivity index (χ0n) is 12.4. The van der Waals surface area contributed by atoms with E-state index in [1.807, 2.05) is 32.0 Å². The van der Waals surface area contributed by atoms with Gasteiger partial charge in [-0.1, -0.05) is 30.3 Å². The summed E-state index contributed by atoms with van der Waals surface area (Å²) in [4.78, 5) is 12.3. The Morgan fingerprint density at radius 1 is 1.18 bits per heavy atom. The van der Waals surface area contributed by atoms with Crippen molar-refractivity contribution >= 4 is 16.9 Å².